The van der Waals surface area contributed by atoms with Crippen molar-refractivity contribution >= 4 is 63.8 Å². The Labute approximate surface area is 652 Å². The van der Waals surface area contributed by atoms with Crippen LogP contribution in [0.15, 0.2) is 113 Å². The van der Waals surface area contributed by atoms with Crippen molar-refractivity contribution in [3.8, 4) is 22.5 Å². The molecule has 3 amide bonds. The van der Waals surface area contributed by atoms with Crippen molar-refractivity contribution in [1.82, 2.24) is 20.1 Å². The van der Waals surface area contributed by atoms with Crippen molar-refractivity contribution < 1.29 is 91.6 Å². The third-order valence-electron chi connectivity index (χ3n) is 22.6. The number of carboxylic acid groups (broad SMARTS) is 1. The smallest absolute Gasteiger partial charge is 0.336 e. The number of amides is 3. The Morgan fingerprint density at radius 3 is 2.00 bits per heavy atom. The zero-order chi connectivity index (χ0) is 80.2. The Morgan fingerprint density at radius 1 is 0.712 bits per heavy atom. The van der Waals surface area contributed by atoms with Gasteiger partial charge in [-0.3, -0.25) is 28.8 Å². The maximum absolute atomic E-state index is 14.9. The molecule has 604 valence electrons. The van der Waals surface area contributed by atoms with Crippen molar-refractivity contribution in [2.24, 2.45) is 35.5 Å². The Kier molecular flexibility index (Phi) is 32.1. The first kappa shape index (κ1) is 86.8. The van der Waals surface area contributed by atoms with Crippen LogP contribution in [0.4, 0.5) is 5.69 Å². The summed E-state index contributed by atoms with van der Waals surface area (Å²) >= 11 is 0. The van der Waals surface area contributed by atoms with E-state index in [0.717, 1.165) is 38.7 Å². The van der Waals surface area contributed by atoms with Crippen LogP contribution in [0.3, 0.4) is 0 Å². The van der Waals surface area contributed by atoms with Gasteiger partial charge in [0, 0.05) is 138 Å². The van der Waals surface area contributed by atoms with Crippen LogP contribution in [0.25, 0.3) is 39.5 Å². The van der Waals surface area contributed by atoms with Gasteiger partial charge in [-0.1, -0.05) is 74.4 Å². The molecule has 3 aromatic rings. The molecule has 2 saturated heterocycles. The molecule has 4 aliphatic heterocycles. The quantitative estimate of drug-likeness (QED) is 0.00936. The summed E-state index contributed by atoms with van der Waals surface area (Å²) in [5.41, 5.74) is 6.65. The predicted molar refractivity (Wildman–Crippen MR) is 424 cm³/mol. The van der Waals surface area contributed by atoms with Crippen molar-refractivity contribution in [1.29, 1.82) is 0 Å². The second kappa shape index (κ2) is 41.1. The molecule has 2 aliphatic carbocycles. The Balaban J connectivity index is 0.738. The lowest BCUT2D eigenvalue weighted by Crippen LogP contribution is -2.64. The second-order valence-electron chi connectivity index (χ2n) is 31.2. The zero-order valence-electron chi connectivity index (χ0n) is 66.8. The lowest BCUT2D eigenvalue weighted by molar-refractivity contribution is -0.302. The number of aliphatic hydroxyl groups excluding tert-OH is 2. The van der Waals surface area contributed by atoms with Gasteiger partial charge in [0.15, 0.2) is 5.78 Å². The number of Topliss-reactive ketones (excluding diaryl/α,β-unsaturated/α-hetero) is 3. The number of hydrogen-bond acceptors (Lipinski definition) is 19. The molecule has 24 heteroatoms. The van der Waals surface area contributed by atoms with Gasteiger partial charge in [0.1, 0.15) is 37.3 Å². The van der Waals surface area contributed by atoms with Crippen molar-refractivity contribution in [3.05, 3.63) is 136 Å². The topological polar surface area (TPSA) is 312 Å². The van der Waals surface area contributed by atoms with E-state index in [4.69, 9.17) is 37.6 Å². The fourth-order valence-electron chi connectivity index (χ4n) is 16.1. The van der Waals surface area contributed by atoms with Crippen LogP contribution in [-0.4, -0.2) is 224 Å². The monoisotopic (exact) mass is 1540 g/mol. The third kappa shape index (κ3) is 22.6. The highest BCUT2D eigenvalue weighted by Gasteiger charge is 2.57. The third-order valence-corrected chi connectivity index (χ3v) is 22.6. The molecule has 6 aliphatic rings. The molecule has 0 radical (unpaired) electrons. The number of ketones is 3. The van der Waals surface area contributed by atoms with Crippen LogP contribution in [0.2, 0.25) is 0 Å². The highest BCUT2D eigenvalue weighted by Crippen LogP contribution is 2.44. The Bertz CT molecular complexity index is 4160. The number of ether oxygens (including phenoxy) is 7. The molecular weight excluding hydrogens is 1420 g/mol. The van der Waals surface area contributed by atoms with Crippen LogP contribution in [0.1, 0.15) is 161 Å². The molecule has 4 heterocycles. The molecule has 3 aromatic carbocycles. The number of nitrogens with one attached hydrogen (secondary N) is 2. The minimum absolute atomic E-state index is 0.00103. The lowest BCUT2D eigenvalue weighted by atomic mass is 9.75. The number of carbonyl (C=O) groups excluding carboxylic acids is 6. The summed E-state index contributed by atoms with van der Waals surface area (Å²) in [5, 5.41) is 53.3. The average molecular weight is 1540 g/mol. The zero-order valence-corrected chi connectivity index (χ0v) is 66.8. The maximum Gasteiger partial charge on any atom is 0.336 e. The summed E-state index contributed by atoms with van der Waals surface area (Å²) < 4.78 is 49.5. The molecule has 24 nitrogen and oxygen atoms in total. The van der Waals surface area contributed by atoms with Crippen LogP contribution in [0.5, 0.6) is 0 Å². The summed E-state index contributed by atoms with van der Waals surface area (Å²) in [6.45, 7) is 12.4. The number of carbonyl (C=O) groups is 7. The molecule has 111 heavy (non-hydrogen) atoms. The number of methoxy groups -OCH3 is 3. The normalized spacial score (nSPS) is 26.8. The van der Waals surface area contributed by atoms with Crippen molar-refractivity contribution in [3.63, 3.8) is 0 Å². The van der Waals surface area contributed by atoms with E-state index in [1.807, 2.05) is 132 Å². The van der Waals surface area contributed by atoms with Gasteiger partial charge >= 0.3 is 5.97 Å². The number of benzene rings is 4. The fourth-order valence-corrected chi connectivity index (χ4v) is 16.1. The number of carboxylic acids is 1. The van der Waals surface area contributed by atoms with Gasteiger partial charge in [-0.05, 0) is 168 Å². The van der Waals surface area contributed by atoms with E-state index >= 15 is 0 Å². The number of hydrogen-bond donors (Lipinski definition) is 6. The number of piperidine rings is 1. The first-order valence-electron chi connectivity index (χ1n) is 39.4. The minimum Gasteiger partial charge on any atom is -0.478 e. The minimum atomic E-state index is -2.54. The maximum atomic E-state index is 14.9. The van der Waals surface area contributed by atoms with Gasteiger partial charge in [0.25, 0.3) is 23.5 Å². The summed E-state index contributed by atoms with van der Waals surface area (Å²) in [6, 6.07) is 22.5. The van der Waals surface area contributed by atoms with Crippen LogP contribution in [0, 0.1) is 35.5 Å². The van der Waals surface area contributed by atoms with E-state index in [0.29, 0.717) is 151 Å². The highest BCUT2D eigenvalue weighted by atomic mass is 16.7. The Morgan fingerprint density at radius 2 is 1.35 bits per heavy atom. The summed E-state index contributed by atoms with van der Waals surface area (Å²) in [5.74, 6) is -9.17. The van der Waals surface area contributed by atoms with Gasteiger partial charge in [0.2, 0.25) is 11.1 Å². The summed E-state index contributed by atoms with van der Waals surface area (Å²) in [7, 11) is 12.4. The number of aromatic carboxylic acids is 1. The highest BCUT2D eigenvalue weighted by molar-refractivity contribution is 6.39. The van der Waals surface area contributed by atoms with E-state index in [-0.39, 0.29) is 72.3 Å². The standard InChI is InChI=1S/C87H117N5O19/c1-53-42-54(2)44-78(105-11)81-79(106-12)46-56(4)87(103,111-81)82(97)85(100)92-35-14-13-20-70(92)74(96)51-68(55(3)45-59-23-32-71(93)77(47-59)104-10)57(5)72(94)52-73(95)61(43-53)19-15-18-58-21-24-60(25-22-58)83(98)88-33-16-36-107-38-40-109-41-39-108-37-17-34-89-84(99)62-26-29-65(69(48-62)86(101)102)80-66-30-27-63(90(6)7)49-75(66)110-76-50-64(91(8)9)28-31-67(76)80/h15,18,21-22,24-31,43,45,48-50,54,56-57,59,61,68,70-72,77-79,81,93-94,103H,13-14,16-17,19-20,23,32-42,44,46-47,51-52H2,1-12H3,(H2-,88,89,98,99,101,102)/p+1/b18-15+,53-43-,55-45+/t54-,56-,57+,59?,61+,68-,70+,71-,72+,77-,78-,79+,81+,87-/m1/s1. The number of fused-ring (bicyclic) bond motifs is 5. The molecule has 14 atom stereocenters. The summed E-state index contributed by atoms with van der Waals surface area (Å²) in [4.78, 5) is 102. The molecular formula is C87H118N5O19+. The van der Waals surface area contributed by atoms with E-state index in [1.165, 1.54) is 25.2 Å². The molecule has 0 aromatic heterocycles. The Hall–Kier alpha value is -8.14. The van der Waals surface area contributed by atoms with Gasteiger partial charge in [-0.15, -0.1) is 0 Å². The van der Waals surface area contributed by atoms with Gasteiger partial charge in [-0.25, -0.2) is 9.37 Å². The van der Waals surface area contributed by atoms with Crippen LogP contribution < -0.4 is 25.5 Å². The van der Waals surface area contributed by atoms with E-state index < -0.39 is 89.6 Å². The molecule has 3 fully saturated rings. The van der Waals surface area contributed by atoms with E-state index in [1.54, 1.807) is 38.3 Å². The number of aliphatic hydroxyl groups is 3. The largest absolute Gasteiger partial charge is 0.478 e. The van der Waals surface area contributed by atoms with Gasteiger partial charge in [0.05, 0.1) is 74.6 Å². The van der Waals surface area contributed by atoms with Gasteiger partial charge in [-0.2, -0.15) is 0 Å². The van der Waals surface area contributed by atoms with Crippen molar-refractivity contribution in [2.45, 2.75) is 173 Å². The molecule has 1 saturated carbocycles. The number of nitrogens with zero attached hydrogens (tertiary/aromatic N) is 3. The SMILES string of the molecule is CO[C@H]1C[C@@H](C)[C@@]2(O)O[C@H]1[C@H](OC)C[C@H](C)C/C(C)=C\[C@H](C/C=C/c1ccc(C(=O)NCCCOCCOCCOCCCNC(=O)c3ccc(-c4c5ccc(=[N+](C)C)cc-5oc5cc(N(C)C)ccc45)c(C(=O)O)c3)cc1)C(=O)C[C@H](O)[C@@H](C)[C@@H](/C(C)=C/C1CC[C@@H](O)[C@H](OC)C1)CC(=O)[C@@H]1CCCCN1C(=O)C2=O. The first-order chi connectivity index (χ1) is 53.1. The molecule has 6 N–H and O–H groups in total. The van der Waals surface area contributed by atoms with Crippen LogP contribution >= 0.6 is 0 Å². The predicted octanol–water partition coefficient (Wildman–Crippen LogP) is 10.1. The fraction of sp³-hybridized carbons (Fsp3) is 0.563. The second-order valence-corrected chi connectivity index (χ2v) is 31.2. The molecule has 0 spiro atoms. The first-order valence-corrected chi connectivity index (χ1v) is 39.4. The molecule has 1 unspecified atom stereocenters. The average Bonchev–Trinajstić information content (AvgIpc) is 0.750. The number of allylic oxidation sites excluding steroid dienone is 5. The lowest BCUT2D eigenvalue weighted by Gasteiger charge is -2.47. The molecule has 9 rings (SSSR count). The van der Waals surface area contributed by atoms with Crippen molar-refractivity contribution in [2.75, 3.05) is 114 Å². The summed E-state index contributed by atoms with van der Waals surface area (Å²) in [6.07, 6.45) is 8.88. The number of anilines is 1. The van der Waals surface area contributed by atoms with Gasteiger partial charge < -0.3 is 78.4 Å². The molecule has 2 bridgehead atoms. The van der Waals surface area contributed by atoms with E-state index in [2.05, 4.69) is 16.7 Å². The van der Waals surface area contributed by atoms with Crippen LogP contribution in [-0.2, 0) is 52.3 Å². The van der Waals surface area contributed by atoms with E-state index in [9.17, 15) is 54.0 Å². The number of rotatable bonds is 27.